The van der Waals surface area contributed by atoms with Crippen molar-refractivity contribution in [3.05, 3.63) is 64.1 Å². The maximum Gasteiger partial charge on any atom is 0.161 e. The summed E-state index contributed by atoms with van der Waals surface area (Å²) >= 11 is 1.43. The number of allylic oxidation sites excluding steroid dienone is 1. The lowest BCUT2D eigenvalue weighted by Gasteiger charge is -2.08. The number of nitrogens with one attached hydrogen (secondary N) is 1. The van der Waals surface area contributed by atoms with E-state index in [1.54, 1.807) is 20.4 Å². The van der Waals surface area contributed by atoms with Crippen molar-refractivity contribution in [2.24, 2.45) is 0 Å². The molecule has 0 aliphatic carbocycles. The van der Waals surface area contributed by atoms with Gasteiger partial charge >= 0.3 is 0 Å². The molecule has 3 aromatic rings. The van der Waals surface area contributed by atoms with Crippen LogP contribution >= 0.6 is 11.3 Å². The molecule has 0 saturated heterocycles. The second-order valence-electron chi connectivity index (χ2n) is 6.24. The maximum atomic E-state index is 9.58. The second kappa shape index (κ2) is 8.59. The molecular weight excluding hydrogens is 370 g/mol. The summed E-state index contributed by atoms with van der Waals surface area (Å²) in [5.74, 6) is 1.30. The van der Waals surface area contributed by atoms with Crippen molar-refractivity contribution >= 4 is 22.6 Å². The zero-order valence-electron chi connectivity index (χ0n) is 16.2. The number of nitriles is 1. The number of aryl methyl sites for hydroxylation is 2. The largest absolute Gasteiger partial charge is 0.493 e. The first kappa shape index (κ1) is 19.5. The number of rotatable bonds is 6. The molecule has 2 aromatic carbocycles. The van der Waals surface area contributed by atoms with Gasteiger partial charge in [0.2, 0.25) is 0 Å². The van der Waals surface area contributed by atoms with E-state index >= 15 is 0 Å². The Bertz CT molecular complexity index is 1060. The zero-order chi connectivity index (χ0) is 20.1. The lowest BCUT2D eigenvalue weighted by molar-refractivity contribution is 0.355. The molecule has 0 fully saturated rings. The number of hydrogen-bond donors (Lipinski definition) is 1. The molecule has 0 aliphatic heterocycles. The van der Waals surface area contributed by atoms with Gasteiger partial charge in [0.05, 0.1) is 19.9 Å². The van der Waals surface area contributed by atoms with Crippen LogP contribution in [0, 0.1) is 25.2 Å². The predicted octanol–water partition coefficient (Wildman–Crippen LogP) is 5.42. The zero-order valence-corrected chi connectivity index (χ0v) is 17.1. The topological polar surface area (TPSA) is 67.2 Å². The minimum Gasteiger partial charge on any atom is -0.493 e. The number of hydrogen-bond acceptors (Lipinski definition) is 6. The molecular formula is C22H21N3O2S. The first-order valence-electron chi connectivity index (χ1n) is 8.68. The van der Waals surface area contributed by atoms with Gasteiger partial charge in [0, 0.05) is 22.8 Å². The van der Waals surface area contributed by atoms with Gasteiger partial charge in [-0.05, 0) is 49.2 Å². The van der Waals surface area contributed by atoms with Gasteiger partial charge in [-0.15, -0.1) is 11.3 Å². The molecule has 6 heteroatoms. The number of aromatic nitrogens is 1. The molecule has 1 aromatic heterocycles. The Kier molecular flexibility index (Phi) is 5.97. The van der Waals surface area contributed by atoms with Gasteiger partial charge in [0.25, 0.3) is 0 Å². The maximum absolute atomic E-state index is 9.58. The standard InChI is InChI=1S/C22H21N3O2S/c1-14-5-6-15(2)18(9-14)24-12-17(11-23)22-25-19(13-28-22)16-7-8-20(26-3)21(10-16)27-4/h5-10,12-13,24H,1-4H3. The van der Waals surface area contributed by atoms with Crippen LogP contribution in [-0.2, 0) is 0 Å². The van der Waals surface area contributed by atoms with Gasteiger partial charge in [0.15, 0.2) is 11.5 Å². The van der Waals surface area contributed by atoms with E-state index in [9.17, 15) is 5.26 Å². The Morgan fingerprint density at radius 1 is 1.11 bits per heavy atom. The molecule has 0 atom stereocenters. The van der Waals surface area contributed by atoms with Crippen LogP contribution in [0.1, 0.15) is 16.1 Å². The molecule has 1 N–H and O–H groups in total. The smallest absolute Gasteiger partial charge is 0.161 e. The number of anilines is 1. The Labute approximate surface area is 168 Å². The molecule has 0 spiro atoms. The Morgan fingerprint density at radius 3 is 2.61 bits per heavy atom. The normalized spacial score (nSPS) is 11.0. The molecule has 0 aliphatic rings. The monoisotopic (exact) mass is 391 g/mol. The van der Waals surface area contributed by atoms with E-state index in [1.165, 1.54) is 11.3 Å². The van der Waals surface area contributed by atoms with E-state index in [1.807, 2.05) is 37.4 Å². The number of nitrogens with zero attached hydrogens (tertiary/aromatic N) is 2. The second-order valence-corrected chi connectivity index (χ2v) is 7.10. The first-order valence-corrected chi connectivity index (χ1v) is 9.56. The van der Waals surface area contributed by atoms with Crippen LogP contribution < -0.4 is 14.8 Å². The minimum atomic E-state index is 0.484. The fraction of sp³-hybridized carbons (Fsp3) is 0.182. The van der Waals surface area contributed by atoms with E-state index < -0.39 is 0 Å². The summed E-state index contributed by atoms with van der Waals surface area (Å²) in [5.41, 5.74) is 5.42. The van der Waals surface area contributed by atoms with Crippen LogP contribution in [0.3, 0.4) is 0 Å². The first-order chi connectivity index (χ1) is 13.5. The van der Waals surface area contributed by atoms with E-state index in [2.05, 4.69) is 34.6 Å². The van der Waals surface area contributed by atoms with Crippen molar-refractivity contribution in [2.75, 3.05) is 19.5 Å². The van der Waals surface area contributed by atoms with Gasteiger partial charge in [-0.25, -0.2) is 4.98 Å². The molecule has 0 radical (unpaired) electrons. The number of methoxy groups -OCH3 is 2. The Morgan fingerprint density at radius 2 is 1.89 bits per heavy atom. The molecule has 0 amide bonds. The average molecular weight is 391 g/mol. The SMILES string of the molecule is COc1ccc(-c2csc(C(C#N)=CNc3cc(C)ccc3C)n2)cc1OC. The fourth-order valence-corrected chi connectivity index (χ4v) is 3.50. The highest BCUT2D eigenvalue weighted by Gasteiger charge is 2.12. The molecule has 0 saturated carbocycles. The van der Waals surface area contributed by atoms with E-state index in [0.29, 0.717) is 22.1 Å². The van der Waals surface area contributed by atoms with E-state index in [-0.39, 0.29) is 0 Å². The third kappa shape index (κ3) is 4.16. The van der Waals surface area contributed by atoms with Crippen LogP contribution in [0.5, 0.6) is 11.5 Å². The van der Waals surface area contributed by atoms with Crippen molar-refractivity contribution in [3.63, 3.8) is 0 Å². The molecule has 0 unspecified atom stereocenters. The van der Waals surface area contributed by atoms with Crippen LogP contribution in [0.4, 0.5) is 5.69 Å². The van der Waals surface area contributed by atoms with Crippen LogP contribution in [0.2, 0.25) is 0 Å². The predicted molar refractivity (Wildman–Crippen MR) is 114 cm³/mol. The minimum absolute atomic E-state index is 0.484. The summed E-state index contributed by atoms with van der Waals surface area (Å²) in [5, 5.41) is 15.4. The highest BCUT2D eigenvalue weighted by Crippen LogP contribution is 2.33. The summed E-state index contributed by atoms with van der Waals surface area (Å²) in [6, 6.07) is 14.0. The third-order valence-corrected chi connectivity index (χ3v) is 5.18. The number of thiazole rings is 1. The number of benzene rings is 2. The summed E-state index contributed by atoms with van der Waals surface area (Å²) in [6.45, 7) is 4.07. The molecule has 1 heterocycles. The van der Waals surface area contributed by atoms with Gasteiger partial charge in [0.1, 0.15) is 16.6 Å². The lowest BCUT2D eigenvalue weighted by Crippen LogP contribution is -1.94. The van der Waals surface area contributed by atoms with Crippen molar-refractivity contribution in [2.45, 2.75) is 13.8 Å². The molecule has 28 heavy (non-hydrogen) atoms. The van der Waals surface area contributed by atoms with Crippen LogP contribution in [0.25, 0.3) is 16.8 Å². The van der Waals surface area contributed by atoms with Crippen molar-refractivity contribution in [3.8, 4) is 28.8 Å². The van der Waals surface area contributed by atoms with Crippen molar-refractivity contribution in [1.82, 2.24) is 4.98 Å². The van der Waals surface area contributed by atoms with Gasteiger partial charge in [-0.3, -0.25) is 0 Å². The van der Waals surface area contributed by atoms with Gasteiger partial charge < -0.3 is 14.8 Å². The highest BCUT2D eigenvalue weighted by molar-refractivity contribution is 7.11. The summed E-state index contributed by atoms with van der Waals surface area (Å²) in [4.78, 5) is 4.63. The highest BCUT2D eigenvalue weighted by atomic mass is 32.1. The van der Waals surface area contributed by atoms with Gasteiger partial charge in [-0.2, -0.15) is 5.26 Å². The lowest BCUT2D eigenvalue weighted by atomic mass is 10.1. The third-order valence-electron chi connectivity index (χ3n) is 4.30. The van der Waals surface area contributed by atoms with Crippen LogP contribution in [-0.4, -0.2) is 19.2 Å². The quantitative estimate of drug-likeness (QED) is 0.568. The molecule has 0 bridgehead atoms. The number of ether oxygens (including phenoxy) is 2. The Hall–Kier alpha value is -3.30. The van der Waals surface area contributed by atoms with Crippen LogP contribution in [0.15, 0.2) is 48.0 Å². The molecule has 142 valence electrons. The van der Waals surface area contributed by atoms with Gasteiger partial charge in [-0.1, -0.05) is 12.1 Å². The Balaban J connectivity index is 1.87. The summed E-state index contributed by atoms with van der Waals surface area (Å²) in [7, 11) is 3.20. The summed E-state index contributed by atoms with van der Waals surface area (Å²) < 4.78 is 10.6. The average Bonchev–Trinajstić information content (AvgIpc) is 3.20. The molecule has 3 rings (SSSR count). The summed E-state index contributed by atoms with van der Waals surface area (Å²) in [6.07, 6.45) is 1.71. The van der Waals surface area contributed by atoms with E-state index in [0.717, 1.165) is 28.1 Å². The fourth-order valence-electron chi connectivity index (χ4n) is 2.71. The van der Waals surface area contributed by atoms with Crippen molar-refractivity contribution in [1.29, 1.82) is 5.26 Å². The molecule has 5 nitrogen and oxygen atoms in total. The van der Waals surface area contributed by atoms with Crippen molar-refractivity contribution < 1.29 is 9.47 Å². The van der Waals surface area contributed by atoms with E-state index in [4.69, 9.17) is 9.47 Å².